The van der Waals surface area contributed by atoms with Crippen molar-refractivity contribution < 1.29 is 4.74 Å². The van der Waals surface area contributed by atoms with E-state index in [0.29, 0.717) is 6.04 Å². The molecule has 20 heavy (non-hydrogen) atoms. The van der Waals surface area contributed by atoms with Crippen molar-refractivity contribution in [2.45, 2.75) is 51.8 Å². The Morgan fingerprint density at radius 2 is 2.00 bits per heavy atom. The second-order valence-corrected chi connectivity index (χ2v) is 6.08. The molecular weight excluding hydrogens is 250 g/mol. The lowest BCUT2D eigenvalue weighted by Crippen LogP contribution is -2.36. The number of hydrogen-bond acceptors (Lipinski definition) is 4. The molecular formula is C16H27N3O. The van der Waals surface area contributed by atoms with Gasteiger partial charge in [0.2, 0.25) is 0 Å². The molecule has 1 aliphatic rings. The lowest BCUT2D eigenvalue weighted by atomic mass is 10.2. The average Bonchev–Trinajstić information content (AvgIpc) is 3.17. The Kier molecular flexibility index (Phi) is 4.76. The Hall–Kier alpha value is -1.42. The standard InChI is InChI=1S/C16H27N3O/c1-11(2)20-16-8-13(17)7-14(9-16)18-10-12(3)19(4)15-5-6-15/h7-9,11-12,15,18H,5-6,10,17H2,1-4H3. The molecule has 0 bridgehead atoms. The molecule has 0 saturated heterocycles. The number of rotatable bonds is 7. The van der Waals surface area contributed by atoms with Crippen LogP contribution >= 0.6 is 0 Å². The molecule has 1 aromatic carbocycles. The van der Waals surface area contributed by atoms with Gasteiger partial charge < -0.3 is 15.8 Å². The van der Waals surface area contributed by atoms with E-state index in [2.05, 4.69) is 24.2 Å². The third kappa shape index (κ3) is 4.30. The van der Waals surface area contributed by atoms with Crippen molar-refractivity contribution in [2.24, 2.45) is 0 Å². The summed E-state index contributed by atoms with van der Waals surface area (Å²) in [5, 5.41) is 3.46. The highest BCUT2D eigenvalue weighted by Crippen LogP contribution is 2.27. The first-order valence-corrected chi connectivity index (χ1v) is 7.48. The minimum atomic E-state index is 0.157. The normalized spacial score (nSPS) is 16.5. The van der Waals surface area contributed by atoms with E-state index in [0.717, 1.165) is 29.7 Å². The highest BCUT2D eigenvalue weighted by molar-refractivity contribution is 5.59. The first-order chi connectivity index (χ1) is 9.45. The lowest BCUT2D eigenvalue weighted by molar-refractivity contribution is 0.242. The Morgan fingerprint density at radius 3 is 2.60 bits per heavy atom. The van der Waals surface area contributed by atoms with E-state index in [-0.39, 0.29) is 6.10 Å². The van der Waals surface area contributed by atoms with Crippen LogP contribution < -0.4 is 15.8 Å². The van der Waals surface area contributed by atoms with Gasteiger partial charge in [-0.3, -0.25) is 4.90 Å². The SMILES string of the molecule is CC(C)Oc1cc(N)cc(NCC(C)N(C)C2CC2)c1. The molecule has 0 heterocycles. The van der Waals surface area contributed by atoms with Gasteiger partial charge in [-0.15, -0.1) is 0 Å². The van der Waals surface area contributed by atoms with Crippen LogP contribution in [0.1, 0.15) is 33.6 Å². The van der Waals surface area contributed by atoms with E-state index in [1.54, 1.807) is 0 Å². The summed E-state index contributed by atoms with van der Waals surface area (Å²) < 4.78 is 5.71. The van der Waals surface area contributed by atoms with Gasteiger partial charge in [0.15, 0.2) is 0 Å². The van der Waals surface area contributed by atoms with Gasteiger partial charge in [0.25, 0.3) is 0 Å². The molecule has 1 unspecified atom stereocenters. The fraction of sp³-hybridized carbons (Fsp3) is 0.625. The third-order valence-corrected chi connectivity index (χ3v) is 3.72. The molecule has 2 rings (SSSR count). The molecule has 0 spiro atoms. The van der Waals surface area contributed by atoms with Crippen LogP contribution in [0.5, 0.6) is 5.75 Å². The Bertz CT molecular complexity index is 443. The van der Waals surface area contributed by atoms with Crippen molar-refractivity contribution in [1.29, 1.82) is 0 Å². The zero-order chi connectivity index (χ0) is 14.7. The van der Waals surface area contributed by atoms with Gasteiger partial charge in [0, 0.05) is 42.1 Å². The van der Waals surface area contributed by atoms with Gasteiger partial charge in [-0.05, 0) is 46.7 Å². The zero-order valence-corrected chi connectivity index (χ0v) is 13.0. The molecule has 3 N–H and O–H groups in total. The van der Waals surface area contributed by atoms with E-state index in [1.807, 2.05) is 32.0 Å². The second kappa shape index (κ2) is 6.35. The minimum Gasteiger partial charge on any atom is -0.491 e. The van der Waals surface area contributed by atoms with Crippen LogP contribution in [-0.4, -0.2) is 36.7 Å². The number of hydrogen-bond donors (Lipinski definition) is 2. The van der Waals surface area contributed by atoms with Crippen molar-refractivity contribution >= 4 is 11.4 Å². The first-order valence-electron chi connectivity index (χ1n) is 7.48. The summed E-state index contributed by atoms with van der Waals surface area (Å²) in [5.41, 5.74) is 7.68. The maximum absolute atomic E-state index is 5.93. The minimum absolute atomic E-state index is 0.157. The number of anilines is 2. The number of nitrogen functional groups attached to an aromatic ring is 1. The maximum atomic E-state index is 5.93. The van der Waals surface area contributed by atoms with Gasteiger partial charge in [0.05, 0.1) is 6.10 Å². The van der Waals surface area contributed by atoms with Gasteiger partial charge >= 0.3 is 0 Å². The maximum Gasteiger partial charge on any atom is 0.123 e. The predicted molar refractivity (Wildman–Crippen MR) is 85.4 cm³/mol. The highest BCUT2D eigenvalue weighted by atomic mass is 16.5. The molecule has 1 atom stereocenters. The number of nitrogens with zero attached hydrogens (tertiary/aromatic N) is 1. The number of likely N-dealkylation sites (N-methyl/N-ethyl adjacent to an activating group) is 1. The molecule has 4 heteroatoms. The third-order valence-electron chi connectivity index (χ3n) is 3.72. The fourth-order valence-electron chi connectivity index (χ4n) is 2.32. The molecule has 112 valence electrons. The van der Waals surface area contributed by atoms with E-state index in [4.69, 9.17) is 10.5 Å². The highest BCUT2D eigenvalue weighted by Gasteiger charge is 2.28. The van der Waals surface area contributed by atoms with E-state index >= 15 is 0 Å². The molecule has 0 radical (unpaired) electrons. The number of benzene rings is 1. The smallest absolute Gasteiger partial charge is 0.123 e. The quantitative estimate of drug-likeness (QED) is 0.752. The monoisotopic (exact) mass is 277 g/mol. The lowest BCUT2D eigenvalue weighted by Gasteiger charge is -2.25. The predicted octanol–water partition coefficient (Wildman–Crippen LogP) is 2.95. The molecule has 0 amide bonds. The fourth-order valence-corrected chi connectivity index (χ4v) is 2.32. The van der Waals surface area contributed by atoms with E-state index < -0.39 is 0 Å². The number of nitrogens with one attached hydrogen (secondary N) is 1. The summed E-state index contributed by atoms with van der Waals surface area (Å²) in [5.74, 6) is 0.825. The van der Waals surface area contributed by atoms with Gasteiger partial charge in [-0.1, -0.05) is 0 Å². The van der Waals surface area contributed by atoms with Crippen LogP contribution in [-0.2, 0) is 0 Å². The van der Waals surface area contributed by atoms with Crippen LogP contribution in [0.3, 0.4) is 0 Å². The van der Waals surface area contributed by atoms with Crippen molar-refractivity contribution in [3.8, 4) is 5.75 Å². The van der Waals surface area contributed by atoms with Crippen molar-refractivity contribution in [3.63, 3.8) is 0 Å². The largest absolute Gasteiger partial charge is 0.491 e. The van der Waals surface area contributed by atoms with Crippen LogP contribution in [0.2, 0.25) is 0 Å². The summed E-state index contributed by atoms with van der Waals surface area (Å²) in [6, 6.07) is 7.13. The van der Waals surface area contributed by atoms with E-state index in [1.165, 1.54) is 12.8 Å². The summed E-state index contributed by atoms with van der Waals surface area (Å²) >= 11 is 0. The van der Waals surface area contributed by atoms with Gasteiger partial charge in [-0.2, -0.15) is 0 Å². The molecule has 1 aromatic rings. The van der Waals surface area contributed by atoms with Crippen LogP contribution in [0.4, 0.5) is 11.4 Å². The zero-order valence-electron chi connectivity index (χ0n) is 13.0. The molecule has 1 fully saturated rings. The number of ether oxygens (including phenoxy) is 1. The molecule has 1 saturated carbocycles. The van der Waals surface area contributed by atoms with Crippen molar-refractivity contribution in [3.05, 3.63) is 18.2 Å². The summed E-state index contributed by atoms with van der Waals surface area (Å²) in [6.07, 6.45) is 2.83. The van der Waals surface area contributed by atoms with Gasteiger partial charge in [0.1, 0.15) is 5.75 Å². The van der Waals surface area contributed by atoms with E-state index in [9.17, 15) is 0 Å². The summed E-state index contributed by atoms with van der Waals surface area (Å²) in [4.78, 5) is 2.45. The molecule has 1 aliphatic carbocycles. The molecule has 4 nitrogen and oxygen atoms in total. The summed E-state index contributed by atoms with van der Waals surface area (Å²) in [7, 11) is 2.21. The second-order valence-electron chi connectivity index (χ2n) is 6.08. The van der Waals surface area contributed by atoms with Crippen LogP contribution in [0, 0.1) is 0 Å². The Labute approximate surface area is 122 Å². The molecule has 0 aliphatic heterocycles. The average molecular weight is 277 g/mol. The molecule has 0 aromatic heterocycles. The number of nitrogens with two attached hydrogens (primary N) is 1. The van der Waals surface area contributed by atoms with Crippen molar-refractivity contribution in [2.75, 3.05) is 24.6 Å². The van der Waals surface area contributed by atoms with Gasteiger partial charge in [-0.25, -0.2) is 0 Å². The van der Waals surface area contributed by atoms with Crippen LogP contribution in [0.25, 0.3) is 0 Å². The summed E-state index contributed by atoms with van der Waals surface area (Å²) in [6.45, 7) is 7.20. The van der Waals surface area contributed by atoms with Crippen molar-refractivity contribution in [1.82, 2.24) is 4.90 Å². The first kappa shape index (κ1) is 15.0. The topological polar surface area (TPSA) is 50.5 Å². The Balaban J connectivity index is 1.92. The Morgan fingerprint density at radius 1 is 1.30 bits per heavy atom. The van der Waals surface area contributed by atoms with Crippen LogP contribution in [0.15, 0.2) is 18.2 Å².